The molecule has 0 aliphatic carbocycles. The van der Waals surface area contributed by atoms with Gasteiger partial charge in [0.05, 0.1) is 28.8 Å². The minimum absolute atomic E-state index is 0.353. The van der Waals surface area contributed by atoms with Crippen LogP contribution in [0.15, 0.2) is 12.1 Å². The standard InChI is InChI=1S/C11H19N5/c1-16(2)6-7-5-14-10-8(12)3-4-9(13)11(10)15-7/h3-4,7,14-15H,5-6,12-13H2,1-2H3. The van der Waals surface area contributed by atoms with E-state index in [0.717, 1.165) is 35.8 Å². The predicted octanol–water partition coefficient (Wildman–Crippen LogP) is 0.619. The average molecular weight is 221 g/mol. The number of nitrogens with two attached hydrogens (primary N) is 2. The number of nitrogens with one attached hydrogen (secondary N) is 2. The van der Waals surface area contributed by atoms with Crippen LogP contribution in [0.2, 0.25) is 0 Å². The van der Waals surface area contributed by atoms with E-state index in [1.165, 1.54) is 0 Å². The monoisotopic (exact) mass is 221 g/mol. The van der Waals surface area contributed by atoms with Gasteiger partial charge in [0.15, 0.2) is 0 Å². The Labute approximate surface area is 95.8 Å². The van der Waals surface area contributed by atoms with E-state index in [-0.39, 0.29) is 0 Å². The predicted molar refractivity (Wildman–Crippen MR) is 69.7 cm³/mol. The summed E-state index contributed by atoms with van der Waals surface area (Å²) in [4.78, 5) is 2.15. The normalized spacial score (nSPS) is 18.8. The molecule has 16 heavy (non-hydrogen) atoms. The molecule has 0 saturated heterocycles. The molecule has 88 valence electrons. The molecule has 1 heterocycles. The van der Waals surface area contributed by atoms with E-state index in [1.807, 2.05) is 12.1 Å². The molecule has 2 rings (SSSR count). The molecule has 0 aromatic heterocycles. The number of benzene rings is 1. The van der Waals surface area contributed by atoms with Gasteiger partial charge < -0.3 is 27.0 Å². The molecule has 0 saturated carbocycles. The first-order chi connectivity index (χ1) is 7.58. The van der Waals surface area contributed by atoms with Crippen LogP contribution < -0.4 is 22.1 Å². The summed E-state index contributed by atoms with van der Waals surface area (Å²) < 4.78 is 0. The number of nitrogens with zero attached hydrogens (tertiary/aromatic N) is 1. The van der Waals surface area contributed by atoms with Gasteiger partial charge in [-0.2, -0.15) is 0 Å². The molecule has 1 aliphatic heterocycles. The van der Waals surface area contributed by atoms with Crippen LogP contribution in [0.3, 0.4) is 0 Å². The lowest BCUT2D eigenvalue weighted by Crippen LogP contribution is -2.41. The first-order valence-electron chi connectivity index (χ1n) is 5.41. The topological polar surface area (TPSA) is 79.3 Å². The summed E-state index contributed by atoms with van der Waals surface area (Å²) >= 11 is 0. The Morgan fingerprint density at radius 1 is 1.25 bits per heavy atom. The lowest BCUT2D eigenvalue weighted by molar-refractivity contribution is 0.387. The largest absolute Gasteiger partial charge is 0.397 e. The molecular formula is C11H19N5. The molecule has 6 N–H and O–H groups in total. The zero-order valence-corrected chi connectivity index (χ0v) is 9.75. The molecule has 1 unspecified atom stereocenters. The maximum Gasteiger partial charge on any atom is 0.0834 e. The summed E-state index contributed by atoms with van der Waals surface area (Å²) in [6, 6.07) is 4.02. The van der Waals surface area contributed by atoms with E-state index in [1.54, 1.807) is 0 Å². The van der Waals surface area contributed by atoms with Crippen molar-refractivity contribution < 1.29 is 0 Å². The second-order valence-corrected chi connectivity index (χ2v) is 4.48. The van der Waals surface area contributed by atoms with Gasteiger partial charge in [0.25, 0.3) is 0 Å². The summed E-state index contributed by atoms with van der Waals surface area (Å²) in [5.41, 5.74) is 15.1. The van der Waals surface area contributed by atoms with Crippen molar-refractivity contribution in [1.29, 1.82) is 0 Å². The molecular weight excluding hydrogens is 202 g/mol. The van der Waals surface area contributed by atoms with Gasteiger partial charge in [-0.1, -0.05) is 0 Å². The summed E-state index contributed by atoms with van der Waals surface area (Å²) in [5.74, 6) is 0. The SMILES string of the molecule is CN(C)CC1CNc2c(N)ccc(N)c2N1. The molecule has 0 bridgehead atoms. The van der Waals surface area contributed by atoms with Gasteiger partial charge in [0, 0.05) is 13.1 Å². The number of fused-ring (bicyclic) bond motifs is 1. The second kappa shape index (κ2) is 4.09. The number of hydrogen-bond acceptors (Lipinski definition) is 5. The number of nitrogen functional groups attached to an aromatic ring is 2. The minimum atomic E-state index is 0.353. The van der Waals surface area contributed by atoms with Crippen molar-refractivity contribution in [3.63, 3.8) is 0 Å². The van der Waals surface area contributed by atoms with E-state index in [9.17, 15) is 0 Å². The number of anilines is 4. The van der Waals surface area contributed by atoms with Crippen molar-refractivity contribution in [2.45, 2.75) is 6.04 Å². The Kier molecular flexibility index (Phi) is 2.78. The van der Waals surface area contributed by atoms with Crippen LogP contribution in [-0.4, -0.2) is 38.1 Å². The fourth-order valence-electron chi connectivity index (χ4n) is 2.01. The van der Waals surface area contributed by atoms with Crippen molar-refractivity contribution in [2.75, 3.05) is 49.3 Å². The molecule has 0 spiro atoms. The molecule has 1 aromatic carbocycles. The zero-order chi connectivity index (χ0) is 11.7. The molecule has 5 nitrogen and oxygen atoms in total. The first-order valence-corrected chi connectivity index (χ1v) is 5.41. The highest BCUT2D eigenvalue weighted by molar-refractivity contribution is 5.90. The third-order valence-electron chi connectivity index (χ3n) is 2.73. The Hall–Kier alpha value is -1.62. The summed E-state index contributed by atoms with van der Waals surface area (Å²) in [7, 11) is 4.11. The van der Waals surface area contributed by atoms with Gasteiger partial charge in [-0.15, -0.1) is 0 Å². The van der Waals surface area contributed by atoms with Crippen LogP contribution >= 0.6 is 0 Å². The fourth-order valence-corrected chi connectivity index (χ4v) is 2.01. The van der Waals surface area contributed by atoms with Crippen LogP contribution in [-0.2, 0) is 0 Å². The van der Waals surface area contributed by atoms with Crippen LogP contribution in [0.4, 0.5) is 22.7 Å². The molecule has 1 aliphatic rings. The van der Waals surface area contributed by atoms with E-state index in [0.29, 0.717) is 6.04 Å². The fraction of sp³-hybridized carbons (Fsp3) is 0.455. The van der Waals surface area contributed by atoms with Gasteiger partial charge >= 0.3 is 0 Å². The minimum Gasteiger partial charge on any atom is -0.397 e. The number of rotatable bonds is 2. The van der Waals surface area contributed by atoms with Crippen LogP contribution in [0.25, 0.3) is 0 Å². The molecule has 0 radical (unpaired) electrons. The van der Waals surface area contributed by atoms with Crippen molar-refractivity contribution in [3.8, 4) is 0 Å². The summed E-state index contributed by atoms with van der Waals surface area (Å²) in [5, 5.41) is 6.76. The molecule has 0 amide bonds. The van der Waals surface area contributed by atoms with Crippen molar-refractivity contribution >= 4 is 22.7 Å². The third kappa shape index (κ3) is 1.99. The van der Waals surface area contributed by atoms with Gasteiger partial charge in [-0.05, 0) is 26.2 Å². The molecule has 1 aromatic rings. The van der Waals surface area contributed by atoms with Gasteiger partial charge in [-0.25, -0.2) is 0 Å². The molecule has 0 fully saturated rings. The smallest absolute Gasteiger partial charge is 0.0834 e. The van der Waals surface area contributed by atoms with Crippen molar-refractivity contribution in [3.05, 3.63) is 12.1 Å². The van der Waals surface area contributed by atoms with Crippen LogP contribution in [0.1, 0.15) is 0 Å². The second-order valence-electron chi connectivity index (χ2n) is 4.48. The highest BCUT2D eigenvalue weighted by Crippen LogP contribution is 2.36. The van der Waals surface area contributed by atoms with E-state index < -0.39 is 0 Å². The number of likely N-dealkylation sites (N-methyl/N-ethyl adjacent to an activating group) is 1. The van der Waals surface area contributed by atoms with Gasteiger partial charge in [0.1, 0.15) is 0 Å². The van der Waals surface area contributed by atoms with Crippen LogP contribution in [0, 0.1) is 0 Å². The average Bonchev–Trinajstić information content (AvgIpc) is 2.23. The lowest BCUT2D eigenvalue weighted by atomic mass is 10.1. The Morgan fingerprint density at radius 2 is 1.88 bits per heavy atom. The highest BCUT2D eigenvalue weighted by Gasteiger charge is 2.20. The quantitative estimate of drug-likeness (QED) is 0.551. The Bertz CT molecular complexity index is 388. The zero-order valence-electron chi connectivity index (χ0n) is 9.75. The van der Waals surface area contributed by atoms with E-state index in [2.05, 4.69) is 29.6 Å². The highest BCUT2D eigenvalue weighted by atomic mass is 15.1. The molecule has 5 heteroatoms. The summed E-state index contributed by atoms with van der Waals surface area (Å²) in [6.45, 7) is 1.82. The first kappa shape index (κ1) is 10.9. The van der Waals surface area contributed by atoms with E-state index in [4.69, 9.17) is 11.5 Å². The van der Waals surface area contributed by atoms with Gasteiger partial charge in [-0.3, -0.25) is 0 Å². The Morgan fingerprint density at radius 3 is 2.50 bits per heavy atom. The lowest BCUT2D eigenvalue weighted by Gasteiger charge is -2.31. The van der Waals surface area contributed by atoms with Crippen molar-refractivity contribution in [1.82, 2.24) is 4.90 Å². The van der Waals surface area contributed by atoms with Crippen molar-refractivity contribution in [2.24, 2.45) is 0 Å². The number of hydrogen-bond donors (Lipinski definition) is 4. The summed E-state index contributed by atoms with van der Waals surface area (Å²) in [6.07, 6.45) is 0. The molecule has 1 atom stereocenters. The maximum atomic E-state index is 5.93. The maximum absolute atomic E-state index is 5.93. The van der Waals surface area contributed by atoms with Crippen LogP contribution in [0.5, 0.6) is 0 Å². The van der Waals surface area contributed by atoms with Gasteiger partial charge in [0.2, 0.25) is 0 Å². The van der Waals surface area contributed by atoms with E-state index >= 15 is 0 Å². The Balaban J connectivity index is 2.23. The third-order valence-corrected chi connectivity index (χ3v) is 2.73.